The first-order valence-corrected chi connectivity index (χ1v) is 7.76. The summed E-state index contributed by atoms with van der Waals surface area (Å²) in [5, 5.41) is 0. The molecule has 1 saturated heterocycles. The van der Waals surface area contributed by atoms with Gasteiger partial charge in [0.05, 0.1) is 11.8 Å². The minimum Gasteiger partial charge on any atom is -0.465 e. The van der Waals surface area contributed by atoms with Gasteiger partial charge in [0.1, 0.15) is 12.7 Å². The van der Waals surface area contributed by atoms with Gasteiger partial charge in [0.2, 0.25) is 0 Å². The maximum atomic E-state index is 12.2. The lowest BCUT2D eigenvalue weighted by Crippen LogP contribution is -2.36. The van der Waals surface area contributed by atoms with E-state index < -0.39 is 0 Å². The van der Waals surface area contributed by atoms with Gasteiger partial charge in [0.25, 0.3) is 0 Å². The van der Waals surface area contributed by atoms with Crippen molar-refractivity contribution in [1.82, 2.24) is 0 Å². The molecule has 2 saturated carbocycles. The fourth-order valence-corrected chi connectivity index (χ4v) is 4.42. The Bertz CT molecular complexity index is 469. The first-order valence-electron chi connectivity index (χ1n) is 7.76. The SMILES string of the molecule is O=C(OCC1C(=O)OC2CCC1C2)C1CC2C=CC1C2. The van der Waals surface area contributed by atoms with E-state index in [1.54, 1.807) is 0 Å². The fourth-order valence-electron chi connectivity index (χ4n) is 4.42. The van der Waals surface area contributed by atoms with E-state index in [4.69, 9.17) is 9.47 Å². The molecule has 4 heteroatoms. The zero-order valence-electron chi connectivity index (χ0n) is 11.5. The Morgan fingerprint density at radius 3 is 2.90 bits per heavy atom. The van der Waals surface area contributed by atoms with Crippen LogP contribution in [0.4, 0.5) is 0 Å². The molecular weight excluding hydrogens is 256 g/mol. The number of fused-ring (bicyclic) bond motifs is 4. The molecule has 0 N–H and O–H groups in total. The Kier molecular flexibility index (Phi) is 2.86. The number of esters is 2. The van der Waals surface area contributed by atoms with Crippen LogP contribution in [0.25, 0.3) is 0 Å². The van der Waals surface area contributed by atoms with Gasteiger partial charge in [0, 0.05) is 0 Å². The number of ether oxygens (including phenoxy) is 2. The van der Waals surface area contributed by atoms with E-state index in [0.717, 1.165) is 32.1 Å². The Hall–Kier alpha value is -1.32. The third kappa shape index (κ3) is 1.97. The third-order valence-corrected chi connectivity index (χ3v) is 5.57. The van der Waals surface area contributed by atoms with Gasteiger partial charge in [-0.25, -0.2) is 0 Å². The molecule has 3 fully saturated rings. The van der Waals surface area contributed by atoms with Crippen molar-refractivity contribution in [2.45, 2.75) is 38.2 Å². The minimum atomic E-state index is -0.230. The molecule has 4 rings (SSSR count). The van der Waals surface area contributed by atoms with Crippen LogP contribution in [0.2, 0.25) is 0 Å². The molecule has 0 amide bonds. The third-order valence-electron chi connectivity index (χ3n) is 5.57. The maximum Gasteiger partial charge on any atom is 0.312 e. The van der Waals surface area contributed by atoms with E-state index in [9.17, 15) is 9.59 Å². The van der Waals surface area contributed by atoms with Crippen molar-refractivity contribution < 1.29 is 19.1 Å². The molecule has 1 heterocycles. The van der Waals surface area contributed by atoms with Crippen LogP contribution in [0.1, 0.15) is 32.1 Å². The lowest BCUT2D eigenvalue weighted by atomic mass is 9.90. The van der Waals surface area contributed by atoms with E-state index in [-0.39, 0.29) is 36.5 Å². The Labute approximate surface area is 118 Å². The second kappa shape index (κ2) is 4.61. The van der Waals surface area contributed by atoms with Gasteiger partial charge in [-0.1, -0.05) is 12.2 Å². The van der Waals surface area contributed by atoms with Crippen LogP contribution in [0, 0.1) is 29.6 Å². The van der Waals surface area contributed by atoms with E-state index in [1.165, 1.54) is 0 Å². The Balaban J connectivity index is 1.35. The quantitative estimate of drug-likeness (QED) is 0.585. The van der Waals surface area contributed by atoms with Crippen LogP contribution in [-0.4, -0.2) is 24.6 Å². The van der Waals surface area contributed by atoms with Gasteiger partial charge < -0.3 is 9.47 Å². The van der Waals surface area contributed by atoms with Crippen LogP contribution in [-0.2, 0) is 19.1 Å². The van der Waals surface area contributed by atoms with Crippen LogP contribution in [0.15, 0.2) is 12.2 Å². The number of carbonyl (C=O) groups excluding carboxylic acids is 2. The second-order valence-electron chi connectivity index (χ2n) is 6.76. The normalized spacial score (nSPS) is 44.7. The second-order valence-corrected chi connectivity index (χ2v) is 6.76. The van der Waals surface area contributed by atoms with E-state index in [0.29, 0.717) is 17.8 Å². The molecule has 6 atom stereocenters. The average Bonchev–Trinajstić information content (AvgIpc) is 3.13. The standard InChI is InChI=1S/C16H20O4/c17-15(13-6-9-1-2-10(13)5-9)19-8-14-11-3-4-12(7-11)20-16(14)18/h1-2,9-14H,3-8H2. The van der Waals surface area contributed by atoms with Crippen molar-refractivity contribution in [2.24, 2.45) is 29.6 Å². The summed E-state index contributed by atoms with van der Waals surface area (Å²) >= 11 is 0. The predicted octanol–water partition coefficient (Wildman–Crippen LogP) is 2.08. The number of rotatable bonds is 3. The highest BCUT2D eigenvalue weighted by Crippen LogP contribution is 2.44. The zero-order chi connectivity index (χ0) is 13.7. The number of allylic oxidation sites excluding steroid dienone is 2. The van der Waals surface area contributed by atoms with Crippen molar-refractivity contribution in [3.63, 3.8) is 0 Å². The molecule has 0 aromatic carbocycles. The molecular formula is C16H20O4. The minimum absolute atomic E-state index is 0.0148. The van der Waals surface area contributed by atoms with Crippen LogP contribution in [0.5, 0.6) is 0 Å². The molecule has 4 aliphatic rings. The van der Waals surface area contributed by atoms with E-state index >= 15 is 0 Å². The summed E-state index contributed by atoms with van der Waals surface area (Å²) in [5.74, 6) is 0.787. The molecule has 0 radical (unpaired) electrons. The van der Waals surface area contributed by atoms with Gasteiger partial charge in [-0.3, -0.25) is 9.59 Å². The van der Waals surface area contributed by atoms with Crippen LogP contribution < -0.4 is 0 Å². The molecule has 4 nitrogen and oxygen atoms in total. The summed E-state index contributed by atoms with van der Waals surface area (Å²) in [6.07, 6.45) is 9.44. The largest absolute Gasteiger partial charge is 0.465 e. The maximum absolute atomic E-state index is 12.2. The summed E-state index contributed by atoms with van der Waals surface area (Å²) in [6, 6.07) is 0. The van der Waals surface area contributed by atoms with Gasteiger partial charge in [-0.05, 0) is 49.9 Å². The summed E-state index contributed by atoms with van der Waals surface area (Å²) < 4.78 is 10.8. The fraction of sp³-hybridized carbons (Fsp3) is 0.750. The summed E-state index contributed by atoms with van der Waals surface area (Å²) in [7, 11) is 0. The Morgan fingerprint density at radius 1 is 1.25 bits per heavy atom. The highest BCUT2D eigenvalue weighted by molar-refractivity contribution is 5.76. The molecule has 0 spiro atoms. The number of carbonyl (C=O) groups is 2. The number of hydrogen-bond donors (Lipinski definition) is 0. The predicted molar refractivity (Wildman–Crippen MR) is 70.5 cm³/mol. The summed E-state index contributed by atoms with van der Waals surface area (Å²) in [6.45, 7) is 0.215. The summed E-state index contributed by atoms with van der Waals surface area (Å²) in [5.41, 5.74) is 0. The highest BCUT2D eigenvalue weighted by atomic mass is 16.6. The monoisotopic (exact) mass is 276 g/mol. The summed E-state index contributed by atoms with van der Waals surface area (Å²) in [4.78, 5) is 24.1. The van der Waals surface area contributed by atoms with Crippen molar-refractivity contribution in [3.8, 4) is 0 Å². The van der Waals surface area contributed by atoms with Crippen LogP contribution in [0.3, 0.4) is 0 Å². The molecule has 0 aromatic rings. The van der Waals surface area contributed by atoms with Crippen molar-refractivity contribution in [1.29, 1.82) is 0 Å². The molecule has 6 unspecified atom stereocenters. The lowest BCUT2D eigenvalue weighted by molar-refractivity contribution is -0.167. The van der Waals surface area contributed by atoms with Gasteiger partial charge in [0.15, 0.2) is 0 Å². The smallest absolute Gasteiger partial charge is 0.312 e. The molecule has 4 bridgehead atoms. The van der Waals surface area contributed by atoms with Crippen molar-refractivity contribution in [2.75, 3.05) is 6.61 Å². The molecule has 0 aromatic heterocycles. The zero-order valence-corrected chi connectivity index (χ0v) is 11.5. The molecule has 108 valence electrons. The first kappa shape index (κ1) is 12.4. The van der Waals surface area contributed by atoms with Crippen LogP contribution >= 0.6 is 0 Å². The van der Waals surface area contributed by atoms with Crippen molar-refractivity contribution >= 4 is 11.9 Å². The first-order chi connectivity index (χ1) is 9.70. The average molecular weight is 276 g/mol. The van der Waals surface area contributed by atoms with Gasteiger partial charge >= 0.3 is 11.9 Å². The number of hydrogen-bond acceptors (Lipinski definition) is 4. The lowest BCUT2D eigenvalue weighted by Gasteiger charge is -2.28. The molecule has 1 aliphatic heterocycles. The van der Waals surface area contributed by atoms with E-state index in [1.807, 2.05) is 0 Å². The van der Waals surface area contributed by atoms with Gasteiger partial charge in [-0.2, -0.15) is 0 Å². The van der Waals surface area contributed by atoms with E-state index in [2.05, 4.69) is 12.2 Å². The topological polar surface area (TPSA) is 52.6 Å². The highest BCUT2D eigenvalue weighted by Gasteiger charge is 2.45. The van der Waals surface area contributed by atoms with Crippen molar-refractivity contribution in [3.05, 3.63) is 12.2 Å². The van der Waals surface area contributed by atoms with Gasteiger partial charge in [-0.15, -0.1) is 0 Å². The molecule has 20 heavy (non-hydrogen) atoms. The Morgan fingerprint density at radius 2 is 2.15 bits per heavy atom. The molecule has 3 aliphatic carbocycles.